The Kier molecular flexibility index (Phi) is 5.97. The highest BCUT2D eigenvalue weighted by molar-refractivity contribution is 5.46. The van der Waals surface area contributed by atoms with Gasteiger partial charge in [-0.25, -0.2) is 0 Å². The van der Waals surface area contributed by atoms with Crippen molar-refractivity contribution in [2.45, 2.75) is 12.5 Å². The molecule has 0 aliphatic rings. The van der Waals surface area contributed by atoms with Crippen LogP contribution in [0.4, 0.5) is 0 Å². The fourth-order valence-corrected chi connectivity index (χ4v) is 3.26. The number of nitrogens with two attached hydrogens (primary N) is 1. The number of hydrogen-bond acceptors (Lipinski definition) is 0. The van der Waals surface area contributed by atoms with Crippen LogP contribution in [0.2, 0.25) is 0 Å². The van der Waals surface area contributed by atoms with Crippen LogP contribution in [0.25, 0.3) is 0 Å². The SMILES string of the molecule is CC[NH2+]C(c1ccccc1)(c1ccccc1)c1ccccc1.[Cl-]. The van der Waals surface area contributed by atoms with Crippen LogP contribution in [0, 0.1) is 0 Å². The zero-order valence-corrected chi connectivity index (χ0v) is 14.1. The summed E-state index contributed by atoms with van der Waals surface area (Å²) in [5.41, 5.74) is 3.75. The van der Waals surface area contributed by atoms with E-state index in [1.165, 1.54) is 16.7 Å². The number of benzene rings is 3. The molecule has 3 aromatic rings. The highest BCUT2D eigenvalue weighted by atomic mass is 35.5. The van der Waals surface area contributed by atoms with Gasteiger partial charge in [0.2, 0.25) is 0 Å². The monoisotopic (exact) mass is 323 g/mol. The molecule has 0 saturated carbocycles. The Morgan fingerprint density at radius 1 is 0.609 bits per heavy atom. The molecule has 0 amide bonds. The van der Waals surface area contributed by atoms with Crippen molar-refractivity contribution in [2.75, 3.05) is 6.54 Å². The highest BCUT2D eigenvalue weighted by Gasteiger charge is 2.39. The summed E-state index contributed by atoms with van der Waals surface area (Å²) in [7, 11) is 0. The maximum atomic E-state index is 2.42. The van der Waals surface area contributed by atoms with E-state index in [4.69, 9.17) is 0 Å². The predicted molar refractivity (Wildman–Crippen MR) is 91.7 cm³/mol. The second-order valence-electron chi connectivity index (χ2n) is 5.52. The average molecular weight is 324 g/mol. The second kappa shape index (κ2) is 7.96. The van der Waals surface area contributed by atoms with E-state index in [1.807, 2.05) is 0 Å². The Labute approximate surface area is 144 Å². The van der Waals surface area contributed by atoms with Crippen LogP contribution in [-0.2, 0) is 5.54 Å². The van der Waals surface area contributed by atoms with E-state index in [0.717, 1.165) is 6.54 Å². The fourth-order valence-electron chi connectivity index (χ4n) is 3.26. The van der Waals surface area contributed by atoms with E-state index in [-0.39, 0.29) is 17.9 Å². The van der Waals surface area contributed by atoms with E-state index >= 15 is 0 Å². The van der Waals surface area contributed by atoms with Crippen molar-refractivity contribution in [3.8, 4) is 0 Å². The normalized spacial score (nSPS) is 10.8. The minimum atomic E-state index is -0.196. The molecule has 0 aliphatic carbocycles. The molecule has 0 fully saturated rings. The second-order valence-corrected chi connectivity index (χ2v) is 5.52. The van der Waals surface area contributed by atoms with Gasteiger partial charge in [0.05, 0.1) is 6.54 Å². The number of rotatable bonds is 5. The summed E-state index contributed by atoms with van der Waals surface area (Å²) >= 11 is 0. The van der Waals surface area contributed by atoms with Crippen molar-refractivity contribution in [3.05, 3.63) is 108 Å². The van der Waals surface area contributed by atoms with E-state index in [9.17, 15) is 0 Å². The van der Waals surface area contributed by atoms with Gasteiger partial charge in [0.1, 0.15) is 0 Å². The third-order valence-corrected chi connectivity index (χ3v) is 4.20. The molecule has 0 aromatic heterocycles. The van der Waals surface area contributed by atoms with Crippen LogP contribution in [0.5, 0.6) is 0 Å². The minimum absolute atomic E-state index is 0. The number of hydrogen-bond donors (Lipinski definition) is 1. The molecule has 0 bridgehead atoms. The maximum absolute atomic E-state index is 2.42. The van der Waals surface area contributed by atoms with Gasteiger partial charge in [-0.1, -0.05) is 91.0 Å². The molecule has 0 saturated heterocycles. The molecule has 2 heteroatoms. The van der Waals surface area contributed by atoms with Gasteiger partial charge in [0.25, 0.3) is 0 Å². The maximum Gasteiger partial charge on any atom is 0.173 e. The molecule has 0 aliphatic heterocycles. The zero-order valence-electron chi connectivity index (χ0n) is 13.3. The average Bonchev–Trinajstić information content (AvgIpc) is 2.62. The van der Waals surface area contributed by atoms with Crippen LogP contribution in [0.15, 0.2) is 91.0 Å². The first-order valence-corrected chi connectivity index (χ1v) is 7.89. The molecule has 0 heterocycles. The van der Waals surface area contributed by atoms with Gasteiger partial charge in [-0.3, -0.25) is 0 Å². The third kappa shape index (κ3) is 3.31. The number of quaternary nitrogens is 1. The summed E-state index contributed by atoms with van der Waals surface area (Å²) in [5.74, 6) is 0. The highest BCUT2D eigenvalue weighted by Crippen LogP contribution is 2.32. The van der Waals surface area contributed by atoms with Crippen molar-refractivity contribution in [1.29, 1.82) is 0 Å². The lowest BCUT2D eigenvalue weighted by molar-refractivity contribution is -0.714. The van der Waals surface area contributed by atoms with Crippen LogP contribution >= 0.6 is 0 Å². The summed E-state index contributed by atoms with van der Waals surface area (Å²) in [6, 6.07) is 32.4. The molecule has 0 radical (unpaired) electrons. The van der Waals surface area contributed by atoms with Crippen molar-refractivity contribution in [2.24, 2.45) is 0 Å². The zero-order chi connectivity index (χ0) is 15.3. The molecule has 1 nitrogen and oxygen atoms in total. The minimum Gasteiger partial charge on any atom is -1.00 e. The lowest BCUT2D eigenvalue weighted by Crippen LogP contribution is -3.00. The number of halogens is 1. The molecule has 3 rings (SSSR count). The Morgan fingerprint density at radius 2 is 0.913 bits per heavy atom. The van der Waals surface area contributed by atoms with Crippen molar-refractivity contribution < 1.29 is 17.7 Å². The lowest BCUT2D eigenvalue weighted by Gasteiger charge is -2.33. The van der Waals surface area contributed by atoms with E-state index in [1.54, 1.807) is 0 Å². The summed E-state index contributed by atoms with van der Waals surface area (Å²) in [4.78, 5) is 0. The predicted octanol–water partition coefficient (Wildman–Crippen LogP) is 0.566. The first-order valence-electron chi connectivity index (χ1n) is 7.89. The smallest absolute Gasteiger partial charge is 0.173 e. The Morgan fingerprint density at radius 3 is 1.17 bits per heavy atom. The van der Waals surface area contributed by atoms with Gasteiger partial charge >= 0.3 is 0 Å². The standard InChI is InChI=1S/C21H21N.ClH/c1-2-22-21(18-12-6-3-7-13-18,19-14-8-4-9-15-19)20-16-10-5-11-17-20;/h3-17,22H,2H2,1H3;1H. The van der Waals surface area contributed by atoms with Gasteiger partial charge in [-0.2, -0.15) is 0 Å². The summed E-state index contributed by atoms with van der Waals surface area (Å²) in [6.45, 7) is 3.22. The van der Waals surface area contributed by atoms with Crippen LogP contribution in [0.1, 0.15) is 23.6 Å². The van der Waals surface area contributed by atoms with E-state index in [2.05, 4.69) is 103 Å². The topological polar surface area (TPSA) is 16.6 Å². The van der Waals surface area contributed by atoms with Gasteiger partial charge < -0.3 is 17.7 Å². The quantitative estimate of drug-likeness (QED) is 0.661. The summed E-state index contributed by atoms with van der Waals surface area (Å²) in [6.07, 6.45) is 0. The first-order chi connectivity index (χ1) is 10.9. The molecular weight excluding hydrogens is 302 g/mol. The van der Waals surface area contributed by atoms with Crippen molar-refractivity contribution >= 4 is 0 Å². The summed E-state index contributed by atoms with van der Waals surface area (Å²) in [5, 5.41) is 2.42. The van der Waals surface area contributed by atoms with Crippen molar-refractivity contribution in [1.82, 2.24) is 0 Å². The molecule has 0 atom stereocenters. The largest absolute Gasteiger partial charge is 1.00 e. The van der Waals surface area contributed by atoms with Gasteiger partial charge in [-0.05, 0) is 6.92 Å². The van der Waals surface area contributed by atoms with Crippen molar-refractivity contribution in [3.63, 3.8) is 0 Å². The Balaban J connectivity index is 0.00000192. The third-order valence-electron chi connectivity index (χ3n) is 4.20. The summed E-state index contributed by atoms with van der Waals surface area (Å²) < 4.78 is 0. The van der Waals surface area contributed by atoms with Crippen LogP contribution in [-0.4, -0.2) is 6.54 Å². The molecule has 3 aromatic carbocycles. The fraction of sp³-hybridized carbons (Fsp3) is 0.143. The van der Waals surface area contributed by atoms with Gasteiger partial charge in [-0.15, -0.1) is 0 Å². The van der Waals surface area contributed by atoms with Crippen LogP contribution in [0.3, 0.4) is 0 Å². The first kappa shape index (κ1) is 17.3. The molecule has 118 valence electrons. The Hall–Kier alpha value is -2.09. The molecule has 2 N–H and O–H groups in total. The molecule has 0 unspecified atom stereocenters. The van der Waals surface area contributed by atoms with Gasteiger partial charge in [0, 0.05) is 16.7 Å². The lowest BCUT2D eigenvalue weighted by atomic mass is 9.77. The van der Waals surface area contributed by atoms with Gasteiger partial charge in [0.15, 0.2) is 5.54 Å². The molecular formula is C21H22ClN. The molecule has 23 heavy (non-hydrogen) atoms. The van der Waals surface area contributed by atoms with E-state index < -0.39 is 0 Å². The Bertz CT molecular complexity index is 599. The molecule has 0 spiro atoms. The van der Waals surface area contributed by atoms with E-state index in [0.29, 0.717) is 0 Å². The van der Waals surface area contributed by atoms with Crippen LogP contribution < -0.4 is 17.7 Å².